The molecular formula is C15H17NO4. The molecule has 106 valence electrons. The largest absolute Gasteiger partial charge is 0.458 e. The maximum atomic E-state index is 11.5. The van der Waals surface area contributed by atoms with E-state index in [9.17, 15) is 9.59 Å². The van der Waals surface area contributed by atoms with Gasteiger partial charge in [-0.05, 0) is 18.4 Å². The molecule has 0 spiro atoms. The number of ether oxygens (including phenoxy) is 2. The highest BCUT2D eigenvalue weighted by Gasteiger charge is 2.18. The summed E-state index contributed by atoms with van der Waals surface area (Å²) in [5.74, 6) is -0.539. The minimum atomic E-state index is -0.539. The Bertz CT molecular complexity index is 478. The Kier molecular flexibility index (Phi) is 5.17. The molecule has 0 radical (unpaired) electrons. The number of carbonyl (C=O) groups is 2. The van der Waals surface area contributed by atoms with E-state index in [1.807, 2.05) is 30.3 Å². The van der Waals surface area contributed by atoms with E-state index in [2.05, 4.69) is 0 Å². The van der Waals surface area contributed by atoms with Gasteiger partial charge in [0.25, 0.3) is 0 Å². The zero-order chi connectivity index (χ0) is 14.2. The summed E-state index contributed by atoms with van der Waals surface area (Å²) in [5.41, 5.74) is 0.906. The van der Waals surface area contributed by atoms with Crippen LogP contribution in [-0.4, -0.2) is 30.1 Å². The number of amides is 1. The Morgan fingerprint density at radius 2 is 1.85 bits per heavy atom. The molecule has 2 rings (SSSR count). The van der Waals surface area contributed by atoms with Gasteiger partial charge in [-0.3, -0.25) is 0 Å². The van der Waals surface area contributed by atoms with Crippen LogP contribution in [0, 0.1) is 0 Å². The first kappa shape index (κ1) is 14.1. The SMILES string of the molecule is O=C(/C=C/OC(=O)N1CCCC1)OCc1ccccc1. The first-order chi connectivity index (χ1) is 9.75. The number of benzene rings is 1. The standard InChI is InChI=1S/C15H17NO4/c17-14(20-12-13-6-2-1-3-7-13)8-11-19-15(18)16-9-4-5-10-16/h1-3,6-8,11H,4-5,9-10,12H2/b11-8+. The summed E-state index contributed by atoms with van der Waals surface area (Å²) in [6.45, 7) is 1.63. The fourth-order valence-corrected chi connectivity index (χ4v) is 1.90. The molecule has 1 aliphatic rings. The van der Waals surface area contributed by atoms with Gasteiger partial charge in [0.2, 0.25) is 0 Å². The highest BCUT2D eigenvalue weighted by molar-refractivity contribution is 5.82. The van der Waals surface area contributed by atoms with E-state index in [-0.39, 0.29) is 6.61 Å². The highest BCUT2D eigenvalue weighted by Crippen LogP contribution is 2.08. The lowest BCUT2D eigenvalue weighted by Crippen LogP contribution is -2.26. The third-order valence-corrected chi connectivity index (χ3v) is 2.96. The summed E-state index contributed by atoms with van der Waals surface area (Å²) in [6.07, 6.45) is 3.76. The average molecular weight is 275 g/mol. The highest BCUT2D eigenvalue weighted by atomic mass is 16.6. The fraction of sp³-hybridized carbons (Fsp3) is 0.333. The molecule has 5 nitrogen and oxygen atoms in total. The molecule has 0 unspecified atom stereocenters. The molecular weight excluding hydrogens is 258 g/mol. The van der Waals surface area contributed by atoms with Crippen molar-refractivity contribution in [3.63, 3.8) is 0 Å². The molecule has 0 aliphatic carbocycles. The quantitative estimate of drug-likeness (QED) is 0.481. The molecule has 1 aromatic rings. The molecule has 1 amide bonds. The Morgan fingerprint density at radius 3 is 2.55 bits per heavy atom. The van der Waals surface area contributed by atoms with Crippen molar-refractivity contribution in [1.82, 2.24) is 4.90 Å². The lowest BCUT2D eigenvalue weighted by Gasteiger charge is -2.12. The fourth-order valence-electron chi connectivity index (χ4n) is 1.90. The van der Waals surface area contributed by atoms with Gasteiger partial charge in [-0.15, -0.1) is 0 Å². The van der Waals surface area contributed by atoms with E-state index in [1.165, 1.54) is 0 Å². The van der Waals surface area contributed by atoms with Crippen molar-refractivity contribution < 1.29 is 19.1 Å². The predicted molar refractivity (Wildman–Crippen MR) is 72.7 cm³/mol. The second-order valence-corrected chi connectivity index (χ2v) is 4.47. The summed E-state index contributed by atoms with van der Waals surface area (Å²) >= 11 is 0. The van der Waals surface area contributed by atoms with E-state index in [1.54, 1.807) is 4.90 Å². The number of hydrogen-bond donors (Lipinski definition) is 0. The van der Waals surface area contributed by atoms with Crippen molar-refractivity contribution >= 4 is 12.1 Å². The van der Waals surface area contributed by atoms with E-state index < -0.39 is 12.1 Å². The molecule has 1 heterocycles. The van der Waals surface area contributed by atoms with Crippen LogP contribution in [0.3, 0.4) is 0 Å². The van der Waals surface area contributed by atoms with Crippen molar-refractivity contribution in [3.8, 4) is 0 Å². The van der Waals surface area contributed by atoms with Gasteiger partial charge >= 0.3 is 12.1 Å². The zero-order valence-electron chi connectivity index (χ0n) is 11.2. The monoisotopic (exact) mass is 275 g/mol. The Labute approximate surface area is 117 Å². The number of rotatable bonds is 4. The average Bonchev–Trinajstić information content (AvgIpc) is 3.00. The molecule has 0 N–H and O–H groups in total. The Balaban J connectivity index is 1.68. The van der Waals surface area contributed by atoms with Crippen molar-refractivity contribution in [1.29, 1.82) is 0 Å². The van der Waals surface area contributed by atoms with Crippen LogP contribution in [0.5, 0.6) is 0 Å². The van der Waals surface area contributed by atoms with Crippen LogP contribution in [0.4, 0.5) is 4.79 Å². The van der Waals surface area contributed by atoms with Gasteiger partial charge in [-0.1, -0.05) is 30.3 Å². The van der Waals surface area contributed by atoms with Crippen molar-refractivity contribution in [2.45, 2.75) is 19.4 Å². The van der Waals surface area contributed by atoms with Crippen molar-refractivity contribution in [3.05, 3.63) is 48.2 Å². The zero-order valence-corrected chi connectivity index (χ0v) is 11.2. The second kappa shape index (κ2) is 7.33. The van der Waals surface area contributed by atoms with Crippen LogP contribution in [-0.2, 0) is 20.9 Å². The molecule has 0 atom stereocenters. The first-order valence-electron chi connectivity index (χ1n) is 6.58. The third-order valence-electron chi connectivity index (χ3n) is 2.96. The minimum Gasteiger partial charge on any atom is -0.458 e. The van der Waals surface area contributed by atoms with Gasteiger partial charge in [0.1, 0.15) is 12.9 Å². The first-order valence-corrected chi connectivity index (χ1v) is 6.58. The Morgan fingerprint density at radius 1 is 1.15 bits per heavy atom. The van der Waals surface area contributed by atoms with Crippen LogP contribution >= 0.6 is 0 Å². The van der Waals surface area contributed by atoms with Gasteiger partial charge in [-0.25, -0.2) is 9.59 Å². The number of carbonyl (C=O) groups excluding carboxylic acids is 2. The Hall–Kier alpha value is -2.30. The van der Waals surface area contributed by atoms with E-state index in [4.69, 9.17) is 9.47 Å². The molecule has 1 aromatic carbocycles. The summed E-state index contributed by atoms with van der Waals surface area (Å²) < 4.78 is 9.86. The summed E-state index contributed by atoms with van der Waals surface area (Å²) in [7, 11) is 0. The maximum absolute atomic E-state index is 11.5. The van der Waals surface area contributed by atoms with Crippen LogP contribution in [0.15, 0.2) is 42.7 Å². The van der Waals surface area contributed by atoms with Crippen LogP contribution in [0.25, 0.3) is 0 Å². The van der Waals surface area contributed by atoms with Crippen LogP contribution in [0.2, 0.25) is 0 Å². The van der Waals surface area contributed by atoms with Gasteiger partial charge < -0.3 is 14.4 Å². The molecule has 20 heavy (non-hydrogen) atoms. The minimum absolute atomic E-state index is 0.198. The van der Waals surface area contributed by atoms with Crippen LogP contribution < -0.4 is 0 Å². The van der Waals surface area contributed by atoms with E-state index in [0.29, 0.717) is 13.1 Å². The number of likely N-dealkylation sites (tertiary alicyclic amines) is 1. The van der Waals surface area contributed by atoms with Gasteiger partial charge in [0.05, 0.1) is 6.08 Å². The second-order valence-electron chi connectivity index (χ2n) is 4.47. The molecule has 0 bridgehead atoms. The lowest BCUT2D eigenvalue weighted by atomic mass is 10.2. The molecule has 1 saturated heterocycles. The number of hydrogen-bond acceptors (Lipinski definition) is 4. The molecule has 1 aliphatic heterocycles. The van der Waals surface area contributed by atoms with Crippen molar-refractivity contribution in [2.75, 3.05) is 13.1 Å². The third kappa shape index (κ3) is 4.42. The number of nitrogens with zero attached hydrogens (tertiary/aromatic N) is 1. The summed E-state index contributed by atoms with van der Waals surface area (Å²) in [4.78, 5) is 24.5. The summed E-state index contributed by atoms with van der Waals surface area (Å²) in [5, 5.41) is 0. The van der Waals surface area contributed by atoms with Crippen molar-refractivity contribution in [2.24, 2.45) is 0 Å². The molecule has 1 fully saturated rings. The molecule has 0 saturated carbocycles. The smallest absolute Gasteiger partial charge is 0.414 e. The predicted octanol–water partition coefficient (Wildman–Crippen LogP) is 2.48. The van der Waals surface area contributed by atoms with E-state index >= 15 is 0 Å². The van der Waals surface area contributed by atoms with Crippen LogP contribution in [0.1, 0.15) is 18.4 Å². The van der Waals surface area contributed by atoms with Gasteiger partial charge in [0, 0.05) is 13.1 Å². The topological polar surface area (TPSA) is 55.8 Å². The summed E-state index contributed by atoms with van der Waals surface area (Å²) in [6, 6.07) is 9.37. The molecule has 0 aromatic heterocycles. The normalized spacial score (nSPS) is 14.5. The van der Waals surface area contributed by atoms with Gasteiger partial charge in [-0.2, -0.15) is 0 Å². The number of esters is 1. The maximum Gasteiger partial charge on any atom is 0.414 e. The van der Waals surface area contributed by atoms with Gasteiger partial charge in [0.15, 0.2) is 0 Å². The lowest BCUT2D eigenvalue weighted by molar-refractivity contribution is -0.139. The molecule has 5 heteroatoms. The van der Waals surface area contributed by atoms with E-state index in [0.717, 1.165) is 30.7 Å².